The molecule has 0 amide bonds. The van der Waals surface area contributed by atoms with Crippen molar-refractivity contribution in [3.63, 3.8) is 0 Å². The molecule has 0 atom stereocenters. The second-order valence-corrected chi connectivity index (χ2v) is 3.49. The van der Waals surface area contributed by atoms with Crippen molar-refractivity contribution in [1.82, 2.24) is 0 Å². The Morgan fingerprint density at radius 2 is 1.92 bits per heavy atom. The molecular weight excluding hydrogens is 150 g/mol. The number of nitrogens with one attached hydrogen (secondary N) is 1. The standard InChI is InChI=1S/C10H11NO/c1-10(2)8-6-4-3-5-7(8)9(11)12-10/h3-6,11H,1-2H3. The number of benzene rings is 1. The van der Waals surface area contributed by atoms with Gasteiger partial charge in [-0.2, -0.15) is 0 Å². The largest absolute Gasteiger partial charge is 0.467 e. The molecule has 12 heavy (non-hydrogen) atoms. The second kappa shape index (κ2) is 2.09. The van der Waals surface area contributed by atoms with Gasteiger partial charge in [0.25, 0.3) is 0 Å². The van der Waals surface area contributed by atoms with Gasteiger partial charge in [0.05, 0.1) is 0 Å². The van der Waals surface area contributed by atoms with Crippen LogP contribution in [0.15, 0.2) is 24.3 Å². The molecule has 1 aromatic carbocycles. The summed E-state index contributed by atoms with van der Waals surface area (Å²) in [7, 11) is 0. The molecule has 2 heteroatoms. The van der Waals surface area contributed by atoms with Gasteiger partial charge in [-0.1, -0.05) is 18.2 Å². The van der Waals surface area contributed by atoms with E-state index in [2.05, 4.69) is 0 Å². The topological polar surface area (TPSA) is 33.1 Å². The van der Waals surface area contributed by atoms with Crippen molar-refractivity contribution in [1.29, 1.82) is 5.41 Å². The Bertz CT molecular complexity index is 341. The second-order valence-electron chi connectivity index (χ2n) is 3.49. The van der Waals surface area contributed by atoms with E-state index in [0.29, 0.717) is 0 Å². The third-order valence-corrected chi connectivity index (χ3v) is 2.18. The van der Waals surface area contributed by atoms with Crippen molar-refractivity contribution in [2.75, 3.05) is 0 Å². The van der Waals surface area contributed by atoms with Crippen LogP contribution in [-0.2, 0) is 10.3 Å². The van der Waals surface area contributed by atoms with Gasteiger partial charge in [-0.15, -0.1) is 0 Å². The zero-order chi connectivity index (χ0) is 8.77. The van der Waals surface area contributed by atoms with Crippen molar-refractivity contribution < 1.29 is 4.74 Å². The van der Waals surface area contributed by atoms with Crippen molar-refractivity contribution in [2.45, 2.75) is 19.4 Å². The monoisotopic (exact) mass is 161 g/mol. The summed E-state index contributed by atoms with van der Waals surface area (Å²) >= 11 is 0. The van der Waals surface area contributed by atoms with Crippen LogP contribution in [0.2, 0.25) is 0 Å². The molecule has 1 N–H and O–H groups in total. The van der Waals surface area contributed by atoms with Gasteiger partial charge >= 0.3 is 0 Å². The van der Waals surface area contributed by atoms with Crippen molar-refractivity contribution in [2.24, 2.45) is 0 Å². The molecule has 0 aromatic heterocycles. The molecule has 0 radical (unpaired) electrons. The fourth-order valence-corrected chi connectivity index (χ4v) is 1.57. The SMILES string of the molecule is CC1(C)OC(=N)c2ccccc21. The molecule has 0 fully saturated rings. The summed E-state index contributed by atoms with van der Waals surface area (Å²) < 4.78 is 5.40. The molecule has 1 aliphatic heterocycles. The van der Waals surface area contributed by atoms with E-state index in [9.17, 15) is 0 Å². The highest BCUT2D eigenvalue weighted by Crippen LogP contribution is 2.34. The van der Waals surface area contributed by atoms with Crippen molar-refractivity contribution >= 4 is 5.90 Å². The average molecular weight is 161 g/mol. The molecule has 0 spiro atoms. The Morgan fingerprint density at radius 1 is 1.25 bits per heavy atom. The highest BCUT2D eigenvalue weighted by molar-refractivity contribution is 5.96. The van der Waals surface area contributed by atoms with Crippen LogP contribution in [0.3, 0.4) is 0 Å². The van der Waals surface area contributed by atoms with Gasteiger partial charge in [0.2, 0.25) is 5.90 Å². The zero-order valence-electron chi connectivity index (χ0n) is 7.22. The lowest BCUT2D eigenvalue weighted by atomic mass is 9.96. The predicted molar refractivity (Wildman–Crippen MR) is 47.4 cm³/mol. The van der Waals surface area contributed by atoms with Crippen LogP contribution < -0.4 is 0 Å². The molecule has 1 heterocycles. The Balaban J connectivity index is 2.66. The predicted octanol–water partition coefficient (Wildman–Crippen LogP) is 2.28. The lowest BCUT2D eigenvalue weighted by Crippen LogP contribution is -2.15. The van der Waals surface area contributed by atoms with Gasteiger partial charge in [-0.25, -0.2) is 0 Å². The minimum Gasteiger partial charge on any atom is -0.467 e. The molecular formula is C10H11NO. The Labute approximate surface area is 71.7 Å². The summed E-state index contributed by atoms with van der Waals surface area (Å²) in [6.07, 6.45) is 0. The molecule has 0 unspecified atom stereocenters. The first kappa shape index (κ1) is 7.35. The molecule has 2 nitrogen and oxygen atoms in total. The minimum absolute atomic E-state index is 0.288. The number of fused-ring (bicyclic) bond motifs is 1. The third-order valence-electron chi connectivity index (χ3n) is 2.18. The number of hydrogen-bond acceptors (Lipinski definition) is 2. The molecule has 0 saturated carbocycles. The summed E-state index contributed by atoms with van der Waals surface area (Å²) in [6.45, 7) is 3.96. The molecule has 0 aliphatic carbocycles. The fourth-order valence-electron chi connectivity index (χ4n) is 1.57. The van der Waals surface area contributed by atoms with E-state index in [0.717, 1.165) is 11.1 Å². The normalized spacial score (nSPS) is 18.7. The highest BCUT2D eigenvalue weighted by Gasteiger charge is 2.34. The molecule has 0 bridgehead atoms. The van der Waals surface area contributed by atoms with Crippen molar-refractivity contribution in [3.8, 4) is 0 Å². The quantitative estimate of drug-likeness (QED) is 0.622. The third kappa shape index (κ3) is 0.843. The van der Waals surface area contributed by atoms with Gasteiger partial charge < -0.3 is 4.74 Å². The smallest absolute Gasteiger partial charge is 0.214 e. The van der Waals surface area contributed by atoms with E-state index < -0.39 is 0 Å². The summed E-state index contributed by atoms with van der Waals surface area (Å²) in [5, 5.41) is 7.56. The maximum Gasteiger partial charge on any atom is 0.214 e. The summed E-state index contributed by atoms with van der Waals surface area (Å²) in [4.78, 5) is 0. The van der Waals surface area contributed by atoms with Crippen LogP contribution in [0.25, 0.3) is 0 Å². The lowest BCUT2D eigenvalue weighted by Gasteiger charge is -2.17. The van der Waals surface area contributed by atoms with Gasteiger partial charge in [0.15, 0.2) is 0 Å². The zero-order valence-corrected chi connectivity index (χ0v) is 7.22. The Kier molecular flexibility index (Phi) is 1.28. The number of ether oxygens (including phenoxy) is 1. The van der Waals surface area contributed by atoms with E-state index >= 15 is 0 Å². The van der Waals surface area contributed by atoms with Crippen LogP contribution in [-0.4, -0.2) is 5.90 Å². The first-order valence-corrected chi connectivity index (χ1v) is 3.99. The lowest BCUT2D eigenvalue weighted by molar-refractivity contribution is 0.110. The first-order valence-electron chi connectivity index (χ1n) is 3.99. The molecule has 1 aromatic rings. The van der Waals surface area contributed by atoms with E-state index in [4.69, 9.17) is 10.1 Å². The van der Waals surface area contributed by atoms with E-state index in [-0.39, 0.29) is 11.5 Å². The van der Waals surface area contributed by atoms with Crippen molar-refractivity contribution in [3.05, 3.63) is 35.4 Å². The van der Waals surface area contributed by atoms with E-state index in [1.807, 2.05) is 38.1 Å². The fraction of sp³-hybridized carbons (Fsp3) is 0.300. The van der Waals surface area contributed by atoms with Crippen LogP contribution in [0.1, 0.15) is 25.0 Å². The van der Waals surface area contributed by atoms with Gasteiger partial charge in [-0.3, -0.25) is 5.41 Å². The molecule has 2 rings (SSSR count). The molecule has 62 valence electrons. The average Bonchev–Trinajstić information content (AvgIpc) is 2.25. The molecule has 1 aliphatic rings. The van der Waals surface area contributed by atoms with E-state index in [1.165, 1.54) is 0 Å². The van der Waals surface area contributed by atoms with E-state index in [1.54, 1.807) is 0 Å². The van der Waals surface area contributed by atoms with Gasteiger partial charge in [0.1, 0.15) is 5.60 Å². The van der Waals surface area contributed by atoms with Crippen LogP contribution in [0.5, 0.6) is 0 Å². The summed E-state index contributed by atoms with van der Waals surface area (Å²) in [5.74, 6) is 0.288. The summed E-state index contributed by atoms with van der Waals surface area (Å²) in [5.41, 5.74) is 1.70. The maximum absolute atomic E-state index is 7.56. The maximum atomic E-state index is 7.56. The Morgan fingerprint density at radius 3 is 2.58 bits per heavy atom. The van der Waals surface area contributed by atoms with Crippen LogP contribution in [0.4, 0.5) is 0 Å². The Hall–Kier alpha value is -1.31. The number of hydrogen-bond donors (Lipinski definition) is 1. The van der Waals surface area contributed by atoms with Gasteiger partial charge in [0, 0.05) is 11.1 Å². The molecule has 0 saturated heterocycles. The first-order chi connectivity index (χ1) is 5.61. The van der Waals surface area contributed by atoms with Crippen LogP contribution in [0, 0.1) is 5.41 Å². The minimum atomic E-state index is -0.326. The summed E-state index contributed by atoms with van der Waals surface area (Å²) in [6, 6.07) is 7.84. The van der Waals surface area contributed by atoms with Crippen LogP contribution >= 0.6 is 0 Å². The van der Waals surface area contributed by atoms with Gasteiger partial charge in [-0.05, 0) is 19.9 Å². The highest BCUT2D eigenvalue weighted by atomic mass is 16.5. The number of rotatable bonds is 0.